The summed E-state index contributed by atoms with van der Waals surface area (Å²) in [6.07, 6.45) is 1.99. The summed E-state index contributed by atoms with van der Waals surface area (Å²) in [5.41, 5.74) is 2.50. The number of amides is 3. The summed E-state index contributed by atoms with van der Waals surface area (Å²) in [7, 11) is 3.99. The van der Waals surface area contributed by atoms with Crippen LogP contribution < -0.4 is 15.5 Å². The number of nitrogens with one attached hydrogen (secondary N) is 2. The molecule has 3 amide bonds. The molecule has 1 saturated carbocycles. The van der Waals surface area contributed by atoms with E-state index < -0.39 is 0 Å². The molecule has 6 heteroatoms. The number of nitrogens with zero attached hydrogens (tertiary/aromatic N) is 2. The highest BCUT2D eigenvalue weighted by Gasteiger charge is 2.36. The molecule has 2 rings (SSSR count). The molecule has 1 aromatic rings. The molecule has 0 spiro atoms. The lowest BCUT2D eigenvalue weighted by atomic mass is 10.0. The van der Waals surface area contributed by atoms with Crippen LogP contribution in [-0.4, -0.2) is 42.5 Å². The lowest BCUT2D eigenvalue weighted by molar-refractivity contribution is -0.136. The van der Waals surface area contributed by atoms with Gasteiger partial charge < -0.3 is 20.4 Å². The van der Waals surface area contributed by atoms with Crippen molar-refractivity contribution in [2.75, 3.05) is 24.3 Å². The van der Waals surface area contributed by atoms with E-state index in [1.54, 1.807) is 0 Å². The molecular weight excluding hydrogens is 364 g/mol. The summed E-state index contributed by atoms with van der Waals surface area (Å²) in [6.45, 7) is 12.8. The molecule has 1 aromatic carbocycles. The average molecular weight is 403 g/mol. The highest BCUT2D eigenvalue weighted by atomic mass is 16.2. The van der Waals surface area contributed by atoms with Crippen LogP contribution >= 0.6 is 0 Å². The predicted octanol–water partition coefficient (Wildman–Crippen LogP) is 4.46. The van der Waals surface area contributed by atoms with Gasteiger partial charge >= 0.3 is 6.03 Å². The second kappa shape index (κ2) is 9.06. The van der Waals surface area contributed by atoms with Gasteiger partial charge in [-0.3, -0.25) is 4.79 Å². The van der Waals surface area contributed by atoms with E-state index in [0.717, 1.165) is 29.8 Å². The van der Waals surface area contributed by atoms with Crippen molar-refractivity contribution in [1.82, 2.24) is 10.2 Å². The van der Waals surface area contributed by atoms with E-state index in [0.29, 0.717) is 12.5 Å². The molecule has 0 aliphatic heterocycles. The van der Waals surface area contributed by atoms with Crippen LogP contribution in [-0.2, 0) is 11.3 Å². The Morgan fingerprint density at radius 2 is 1.76 bits per heavy atom. The summed E-state index contributed by atoms with van der Waals surface area (Å²) in [5.74, 6) is 0.803. The van der Waals surface area contributed by atoms with Crippen molar-refractivity contribution in [1.29, 1.82) is 0 Å². The Labute approximate surface area is 176 Å². The SMILES string of the molecule is CC(C)[C@H](C)N(Cc1cc(NC(=O)NC(C)(C)C)ccc1N(C)C)C(=O)C1CC1. The number of anilines is 2. The van der Waals surface area contributed by atoms with E-state index >= 15 is 0 Å². The number of hydrogen-bond donors (Lipinski definition) is 2. The third-order valence-corrected chi connectivity index (χ3v) is 5.31. The second-order valence-corrected chi connectivity index (χ2v) is 9.79. The van der Waals surface area contributed by atoms with Gasteiger partial charge in [0.2, 0.25) is 5.91 Å². The van der Waals surface area contributed by atoms with E-state index in [-0.39, 0.29) is 29.4 Å². The molecule has 0 saturated heterocycles. The molecule has 29 heavy (non-hydrogen) atoms. The van der Waals surface area contributed by atoms with E-state index in [1.807, 2.05) is 62.9 Å². The molecule has 0 bridgehead atoms. The van der Waals surface area contributed by atoms with Gasteiger partial charge in [0.25, 0.3) is 0 Å². The van der Waals surface area contributed by atoms with Crippen molar-refractivity contribution in [3.8, 4) is 0 Å². The van der Waals surface area contributed by atoms with Crippen LogP contribution in [0.15, 0.2) is 18.2 Å². The molecule has 1 fully saturated rings. The Morgan fingerprint density at radius 3 is 2.24 bits per heavy atom. The van der Waals surface area contributed by atoms with Crippen molar-refractivity contribution in [3.63, 3.8) is 0 Å². The highest BCUT2D eigenvalue weighted by Crippen LogP contribution is 2.34. The zero-order valence-electron chi connectivity index (χ0n) is 19.3. The monoisotopic (exact) mass is 402 g/mol. The minimum atomic E-state index is -0.309. The molecule has 0 radical (unpaired) electrons. The molecule has 2 N–H and O–H groups in total. The fraction of sp³-hybridized carbons (Fsp3) is 0.652. The first-order chi connectivity index (χ1) is 13.4. The maximum Gasteiger partial charge on any atom is 0.319 e. The number of urea groups is 1. The van der Waals surface area contributed by atoms with Crippen molar-refractivity contribution in [3.05, 3.63) is 23.8 Å². The summed E-state index contributed by atoms with van der Waals surface area (Å²) in [4.78, 5) is 29.3. The minimum Gasteiger partial charge on any atom is -0.377 e. The zero-order chi connectivity index (χ0) is 21.9. The molecule has 0 unspecified atom stereocenters. The normalized spacial score (nSPS) is 15.1. The van der Waals surface area contributed by atoms with Crippen LogP contribution in [0.3, 0.4) is 0 Å². The molecule has 0 heterocycles. The number of rotatable bonds is 7. The topological polar surface area (TPSA) is 64.7 Å². The zero-order valence-corrected chi connectivity index (χ0v) is 19.3. The Hall–Kier alpha value is -2.24. The summed E-state index contributed by atoms with van der Waals surface area (Å²) < 4.78 is 0. The molecule has 6 nitrogen and oxygen atoms in total. The standard InChI is InChI=1S/C23H38N4O2/c1-15(2)16(3)27(21(28)17-9-10-17)14-18-13-19(11-12-20(18)26(7)8)24-22(29)25-23(4,5)6/h11-13,15-17H,9-10,14H2,1-8H3,(H2,24,25,29)/t16-/m0/s1. The summed E-state index contributed by atoms with van der Waals surface area (Å²) in [6, 6.07) is 5.81. The third kappa shape index (κ3) is 6.65. The Bertz CT molecular complexity index is 733. The van der Waals surface area contributed by atoms with Crippen LogP contribution in [0.25, 0.3) is 0 Å². The van der Waals surface area contributed by atoms with Gasteiger partial charge in [-0.2, -0.15) is 0 Å². The van der Waals surface area contributed by atoms with Gasteiger partial charge in [-0.15, -0.1) is 0 Å². The Morgan fingerprint density at radius 1 is 1.14 bits per heavy atom. The number of carbonyl (C=O) groups excluding carboxylic acids is 2. The number of hydrogen-bond acceptors (Lipinski definition) is 3. The molecule has 1 atom stereocenters. The number of benzene rings is 1. The quantitative estimate of drug-likeness (QED) is 0.708. The van der Waals surface area contributed by atoms with Crippen LogP contribution in [0.4, 0.5) is 16.2 Å². The molecule has 162 valence electrons. The predicted molar refractivity (Wildman–Crippen MR) is 120 cm³/mol. The van der Waals surface area contributed by atoms with E-state index in [4.69, 9.17) is 0 Å². The van der Waals surface area contributed by atoms with Gasteiger partial charge in [0.15, 0.2) is 0 Å². The minimum absolute atomic E-state index is 0.152. The van der Waals surface area contributed by atoms with Gasteiger partial charge in [-0.1, -0.05) is 13.8 Å². The average Bonchev–Trinajstić information content (AvgIpc) is 3.41. The van der Waals surface area contributed by atoms with E-state index in [9.17, 15) is 9.59 Å². The van der Waals surface area contributed by atoms with Crippen molar-refractivity contribution >= 4 is 23.3 Å². The Kier molecular flexibility index (Phi) is 7.20. The fourth-order valence-electron chi connectivity index (χ4n) is 3.26. The maximum atomic E-state index is 13.0. The van der Waals surface area contributed by atoms with Crippen molar-refractivity contribution < 1.29 is 9.59 Å². The van der Waals surface area contributed by atoms with Gasteiger partial charge in [-0.05, 0) is 70.2 Å². The number of carbonyl (C=O) groups is 2. The first-order valence-electron chi connectivity index (χ1n) is 10.6. The van der Waals surface area contributed by atoms with E-state index in [2.05, 4.69) is 31.4 Å². The summed E-state index contributed by atoms with van der Waals surface area (Å²) >= 11 is 0. The van der Waals surface area contributed by atoms with Crippen molar-refractivity contribution in [2.45, 2.75) is 72.5 Å². The van der Waals surface area contributed by atoms with Crippen LogP contribution in [0, 0.1) is 11.8 Å². The highest BCUT2D eigenvalue weighted by molar-refractivity contribution is 5.90. The fourth-order valence-corrected chi connectivity index (χ4v) is 3.26. The molecule has 1 aliphatic carbocycles. The Balaban J connectivity index is 2.29. The molecular formula is C23H38N4O2. The first-order valence-corrected chi connectivity index (χ1v) is 10.6. The first kappa shape index (κ1) is 23.0. The van der Waals surface area contributed by atoms with Crippen LogP contribution in [0.5, 0.6) is 0 Å². The van der Waals surface area contributed by atoms with E-state index in [1.165, 1.54) is 0 Å². The van der Waals surface area contributed by atoms with Gasteiger partial charge in [0.1, 0.15) is 0 Å². The van der Waals surface area contributed by atoms with Gasteiger partial charge in [-0.25, -0.2) is 4.79 Å². The van der Waals surface area contributed by atoms with Gasteiger partial charge in [0, 0.05) is 49.5 Å². The smallest absolute Gasteiger partial charge is 0.319 e. The van der Waals surface area contributed by atoms with Crippen LogP contribution in [0.1, 0.15) is 59.9 Å². The lowest BCUT2D eigenvalue weighted by Gasteiger charge is -2.33. The lowest BCUT2D eigenvalue weighted by Crippen LogP contribution is -2.43. The maximum absolute atomic E-state index is 13.0. The third-order valence-electron chi connectivity index (χ3n) is 5.31. The second-order valence-electron chi connectivity index (χ2n) is 9.79. The molecule has 1 aliphatic rings. The molecule has 0 aromatic heterocycles. The largest absolute Gasteiger partial charge is 0.377 e. The summed E-state index contributed by atoms with van der Waals surface area (Å²) in [5, 5.41) is 5.84. The van der Waals surface area contributed by atoms with Crippen LogP contribution in [0.2, 0.25) is 0 Å². The van der Waals surface area contributed by atoms with Crippen molar-refractivity contribution in [2.24, 2.45) is 11.8 Å². The van der Waals surface area contributed by atoms with Gasteiger partial charge in [0.05, 0.1) is 0 Å².